The Morgan fingerprint density at radius 3 is 2.69 bits per heavy atom. The van der Waals surface area contributed by atoms with Crippen molar-refractivity contribution < 1.29 is 9.90 Å². The van der Waals surface area contributed by atoms with Gasteiger partial charge in [0.1, 0.15) is 0 Å². The first-order valence-corrected chi connectivity index (χ1v) is 4.44. The molecule has 1 rings (SSSR count). The molecule has 3 nitrogen and oxygen atoms in total. The maximum Gasteiger partial charge on any atom is 0.170 e. The summed E-state index contributed by atoms with van der Waals surface area (Å²) < 4.78 is 0. The molecule has 0 aliphatic rings. The highest BCUT2D eigenvalue weighted by Crippen LogP contribution is 2.16. The van der Waals surface area contributed by atoms with Crippen LogP contribution in [-0.2, 0) is 0 Å². The molecule has 0 saturated carbocycles. The van der Waals surface area contributed by atoms with Crippen LogP contribution in [0.25, 0.3) is 0 Å². The second-order valence-corrected chi connectivity index (χ2v) is 3.50. The summed E-state index contributed by atoms with van der Waals surface area (Å²) >= 11 is 0. The molecule has 0 amide bonds. The second kappa shape index (κ2) is 4.23. The monoisotopic (exact) mass is 181 g/mol. The Kier molecular flexibility index (Phi) is 3.25. The highest BCUT2D eigenvalue weighted by Gasteiger charge is 2.22. The van der Waals surface area contributed by atoms with Crippen LogP contribution in [0.5, 0.6) is 0 Å². The van der Waals surface area contributed by atoms with E-state index in [1.165, 1.54) is 0 Å². The number of rotatable bonds is 4. The van der Waals surface area contributed by atoms with Gasteiger partial charge >= 0.3 is 0 Å². The van der Waals surface area contributed by atoms with Crippen LogP contribution < -0.4 is 0 Å². The minimum absolute atomic E-state index is 0.0127. The Morgan fingerprint density at radius 1 is 1.62 bits per heavy atom. The van der Waals surface area contributed by atoms with E-state index in [0.717, 1.165) is 0 Å². The molecular formula is C10H15NO2. The molecule has 0 aliphatic carbocycles. The molecule has 1 unspecified atom stereocenters. The highest BCUT2D eigenvalue weighted by molar-refractivity contribution is 5.97. The second-order valence-electron chi connectivity index (χ2n) is 3.50. The lowest BCUT2D eigenvalue weighted by molar-refractivity contribution is 0.0807. The Balaban J connectivity index is 2.77. The van der Waals surface area contributed by atoms with E-state index in [4.69, 9.17) is 5.11 Å². The summed E-state index contributed by atoms with van der Waals surface area (Å²) in [5.41, 5.74) is 0.646. The first-order valence-electron chi connectivity index (χ1n) is 4.44. The number of Topliss-reactive ketones (excluding diaryl/α,β-unsaturated/α-hetero) is 1. The van der Waals surface area contributed by atoms with Gasteiger partial charge in [-0.1, -0.05) is 13.8 Å². The van der Waals surface area contributed by atoms with Gasteiger partial charge in [-0.15, -0.1) is 0 Å². The van der Waals surface area contributed by atoms with Crippen molar-refractivity contribution in [1.29, 1.82) is 0 Å². The molecule has 0 bridgehead atoms. The van der Waals surface area contributed by atoms with Crippen molar-refractivity contribution in [3.05, 3.63) is 24.0 Å². The van der Waals surface area contributed by atoms with E-state index < -0.39 is 0 Å². The first kappa shape index (κ1) is 9.99. The summed E-state index contributed by atoms with van der Waals surface area (Å²) in [7, 11) is 0. The smallest absolute Gasteiger partial charge is 0.170 e. The van der Waals surface area contributed by atoms with Crippen molar-refractivity contribution in [2.75, 3.05) is 6.61 Å². The van der Waals surface area contributed by atoms with Crippen molar-refractivity contribution in [2.24, 2.45) is 11.8 Å². The van der Waals surface area contributed by atoms with E-state index in [1.54, 1.807) is 18.5 Å². The van der Waals surface area contributed by atoms with Crippen LogP contribution in [0.3, 0.4) is 0 Å². The van der Waals surface area contributed by atoms with Crippen molar-refractivity contribution in [2.45, 2.75) is 13.8 Å². The molecule has 0 aromatic carbocycles. The van der Waals surface area contributed by atoms with Gasteiger partial charge in [-0.05, 0) is 12.0 Å². The number of ketones is 1. The number of hydrogen-bond acceptors (Lipinski definition) is 2. The van der Waals surface area contributed by atoms with E-state index in [2.05, 4.69) is 4.98 Å². The van der Waals surface area contributed by atoms with Crippen molar-refractivity contribution >= 4 is 5.78 Å². The fourth-order valence-electron chi connectivity index (χ4n) is 1.29. The van der Waals surface area contributed by atoms with E-state index in [1.807, 2.05) is 13.8 Å². The summed E-state index contributed by atoms with van der Waals surface area (Å²) in [5.74, 6) is -0.0954. The summed E-state index contributed by atoms with van der Waals surface area (Å²) in [5, 5.41) is 9.03. The SMILES string of the molecule is CC(C)C(CO)C(=O)c1cc[nH]c1. The standard InChI is InChI=1S/C10H15NO2/c1-7(2)9(6-12)10(13)8-3-4-11-5-8/h3-5,7,9,11-12H,6H2,1-2H3. The molecule has 3 heteroatoms. The van der Waals surface area contributed by atoms with E-state index >= 15 is 0 Å². The van der Waals surface area contributed by atoms with Gasteiger partial charge in [0.25, 0.3) is 0 Å². The minimum Gasteiger partial charge on any atom is -0.396 e. The van der Waals surface area contributed by atoms with Crippen LogP contribution in [0.1, 0.15) is 24.2 Å². The molecule has 2 N–H and O–H groups in total. The van der Waals surface area contributed by atoms with Gasteiger partial charge in [0.15, 0.2) is 5.78 Å². The number of carbonyl (C=O) groups excluding carboxylic acids is 1. The van der Waals surface area contributed by atoms with Crippen LogP contribution in [0.4, 0.5) is 0 Å². The van der Waals surface area contributed by atoms with Gasteiger partial charge in [0.05, 0.1) is 6.61 Å². The molecule has 1 aromatic heterocycles. The maximum atomic E-state index is 11.7. The van der Waals surface area contributed by atoms with E-state index in [-0.39, 0.29) is 24.2 Å². The molecule has 0 saturated heterocycles. The van der Waals surface area contributed by atoms with Gasteiger partial charge in [-0.2, -0.15) is 0 Å². The van der Waals surface area contributed by atoms with Crippen LogP contribution in [-0.4, -0.2) is 22.5 Å². The average molecular weight is 181 g/mol. The largest absolute Gasteiger partial charge is 0.396 e. The number of nitrogens with one attached hydrogen (secondary N) is 1. The topological polar surface area (TPSA) is 53.1 Å². The van der Waals surface area contributed by atoms with Crippen LogP contribution in [0.15, 0.2) is 18.5 Å². The molecule has 1 atom stereocenters. The van der Waals surface area contributed by atoms with Crippen molar-refractivity contribution in [3.8, 4) is 0 Å². The maximum absolute atomic E-state index is 11.7. The lowest BCUT2D eigenvalue weighted by Gasteiger charge is -2.15. The third-order valence-corrected chi connectivity index (χ3v) is 2.22. The summed E-state index contributed by atoms with van der Waals surface area (Å²) in [6, 6.07) is 1.73. The number of aliphatic hydroxyl groups excluding tert-OH is 1. The lowest BCUT2D eigenvalue weighted by atomic mass is 9.90. The molecule has 0 spiro atoms. The Hall–Kier alpha value is -1.09. The van der Waals surface area contributed by atoms with Gasteiger partial charge in [-0.3, -0.25) is 4.79 Å². The predicted octanol–water partition coefficient (Wildman–Crippen LogP) is 1.46. The predicted molar refractivity (Wildman–Crippen MR) is 50.5 cm³/mol. The zero-order valence-corrected chi connectivity index (χ0v) is 7.95. The third kappa shape index (κ3) is 2.18. The molecule has 13 heavy (non-hydrogen) atoms. The van der Waals surface area contributed by atoms with Gasteiger partial charge in [0, 0.05) is 23.9 Å². The quantitative estimate of drug-likeness (QED) is 0.691. The number of carbonyl (C=O) groups is 1. The van der Waals surface area contributed by atoms with E-state index in [9.17, 15) is 4.79 Å². The van der Waals surface area contributed by atoms with Crippen LogP contribution in [0.2, 0.25) is 0 Å². The summed E-state index contributed by atoms with van der Waals surface area (Å²) in [6.45, 7) is 3.79. The summed E-state index contributed by atoms with van der Waals surface area (Å²) in [6.07, 6.45) is 3.37. The zero-order valence-electron chi connectivity index (χ0n) is 7.95. The minimum atomic E-state index is -0.282. The van der Waals surface area contributed by atoms with Crippen LogP contribution in [0, 0.1) is 11.8 Å². The third-order valence-electron chi connectivity index (χ3n) is 2.22. The molecule has 1 heterocycles. The van der Waals surface area contributed by atoms with Crippen molar-refractivity contribution in [1.82, 2.24) is 4.98 Å². The Labute approximate surface area is 77.8 Å². The molecule has 0 radical (unpaired) electrons. The molecular weight excluding hydrogens is 166 g/mol. The lowest BCUT2D eigenvalue weighted by Crippen LogP contribution is -2.23. The van der Waals surface area contributed by atoms with Crippen molar-refractivity contribution in [3.63, 3.8) is 0 Å². The number of hydrogen-bond donors (Lipinski definition) is 2. The molecule has 1 aromatic rings. The summed E-state index contributed by atoms with van der Waals surface area (Å²) in [4.78, 5) is 14.5. The Bertz CT molecular complexity index is 264. The number of aromatic amines is 1. The fourth-order valence-corrected chi connectivity index (χ4v) is 1.29. The first-order chi connectivity index (χ1) is 6.16. The van der Waals surface area contributed by atoms with E-state index in [0.29, 0.717) is 5.56 Å². The van der Waals surface area contributed by atoms with Gasteiger partial charge in [-0.25, -0.2) is 0 Å². The number of aliphatic hydroxyl groups is 1. The zero-order chi connectivity index (χ0) is 9.84. The fraction of sp³-hybridized carbons (Fsp3) is 0.500. The van der Waals surface area contributed by atoms with Gasteiger partial charge in [0.2, 0.25) is 0 Å². The normalized spacial score (nSPS) is 13.2. The average Bonchev–Trinajstić information content (AvgIpc) is 2.56. The molecule has 72 valence electrons. The highest BCUT2D eigenvalue weighted by atomic mass is 16.3. The number of H-pyrrole nitrogens is 1. The Morgan fingerprint density at radius 2 is 2.31 bits per heavy atom. The van der Waals surface area contributed by atoms with Crippen LogP contribution >= 0.6 is 0 Å². The molecule has 0 aliphatic heterocycles. The number of aromatic nitrogens is 1. The molecule has 0 fully saturated rings. The van der Waals surface area contributed by atoms with Gasteiger partial charge < -0.3 is 10.1 Å².